The van der Waals surface area contributed by atoms with Gasteiger partial charge in [-0.15, -0.1) is 11.8 Å². The molecular weight excluding hydrogens is 434 g/mol. The summed E-state index contributed by atoms with van der Waals surface area (Å²) in [4.78, 5) is 19.3. The van der Waals surface area contributed by atoms with Crippen LogP contribution in [0.5, 0.6) is 0 Å². The van der Waals surface area contributed by atoms with E-state index >= 15 is 0 Å². The molecule has 0 bridgehead atoms. The topological polar surface area (TPSA) is 47.2 Å². The highest BCUT2D eigenvalue weighted by molar-refractivity contribution is 9.10. The van der Waals surface area contributed by atoms with Crippen molar-refractivity contribution < 1.29 is 0 Å². The molecule has 0 amide bonds. The summed E-state index contributed by atoms with van der Waals surface area (Å²) in [5.41, 5.74) is 1.60. The van der Waals surface area contributed by atoms with E-state index in [1.807, 2.05) is 30.3 Å². The van der Waals surface area contributed by atoms with Gasteiger partial charge in [0.05, 0.1) is 17.1 Å². The number of benzene rings is 2. The lowest BCUT2D eigenvalue weighted by atomic mass is 9.88. The van der Waals surface area contributed by atoms with E-state index in [2.05, 4.69) is 39.4 Å². The van der Waals surface area contributed by atoms with Crippen LogP contribution in [0.15, 0.2) is 61.7 Å². The first kappa shape index (κ1) is 19.4. The second-order valence-electron chi connectivity index (χ2n) is 7.10. The maximum absolute atomic E-state index is 13.3. The zero-order chi connectivity index (χ0) is 19.5. The Bertz CT molecular complexity index is 1070. The molecule has 4 nitrogen and oxygen atoms in total. The molecule has 0 aliphatic heterocycles. The van der Waals surface area contributed by atoms with E-state index in [9.17, 15) is 4.79 Å². The summed E-state index contributed by atoms with van der Waals surface area (Å²) in [6.07, 6.45) is 9.55. The van der Waals surface area contributed by atoms with Gasteiger partial charge < -0.3 is 0 Å². The molecule has 0 N–H and O–H groups in total. The highest BCUT2D eigenvalue weighted by Crippen LogP contribution is 2.32. The zero-order valence-corrected chi connectivity index (χ0v) is 18.2. The lowest BCUT2D eigenvalue weighted by Crippen LogP contribution is -2.25. The fourth-order valence-corrected chi connectivity index (χ4v) is 4.49. The minimum absolute atomic E-state index is 0.108. The molecule has 3 aromatic rings. The normalized spacial score (nSPS) is 15.5. The van der Waals surface area contributed by atoms with Crippen LogP contribution in [0.25, 0.3) is 10.9 Å². The summed E-state index contributed by atoms with van der Waals surface area (Å²) < 4.78 is 2.39. The molecule has 0 spiro atoms. The molecule has 1 saturated carbocycles. The lowest BCUT2D eigenvalue weighted by molar-refractivity contribution is 0.416. The fraction of sp³-hybridized carbons (Fsp3) is 0.318. The van der Waals surface area contributed by atoms with Gasteiger partial charge in [0.25, 0.3) is 5.56 Å². The lowest BCUT2D eigenvalue weighted by Gasteiger charge is -2.22. The van der Waals surface area contributed by atoms with Gasteiger partial charge in [-0.3, -0.25) is 4.79 Å². The van der Waals surface area contributed by atoms with Crippen LogP contribution in [0, 0.1) is 0 Å². The van der Waals surface area contributed by atoms with Gasteiger partial charge in [-0.2, -0.15) is 9.78 Å². The number of rotatable bonds is 4. The SMILES string of the molecule is CSc1ccc(C=Nn2c(C3CCCCC3)nc3ccc(Br)cc3c2=O)cc1. The van der Waals surface area contributed by atoms with Crippen molar-refractivity contribution in [3.8, 4) is 0 Å². The van der Waals surface area contributed by atoms with E-state index in [0.717, 1.165) is 34.2 Å². The third-order valence-electron chi connectivity index (χ3n) is 5.24. The second-order valence-corrected chi connectivity index (χ2v) is 8.90. The van der Waals surface area contributed by atoms with Gasteiger partial charge in [0.1, 0.15) is 5.82 Å². The predicted molar refractivity (Wildman–Crippen MR) is 121 cm³/mol. The highest BCUT2D eigenvalue weighted by Gasteiger charge is 2.22. The van der Waals surface area contributed by atoms with Crippen molar-refractivity contribution >= 4 is 44.8 Å². The summed E-state index contributed by atoms with van der Waals surface area (Å²) in [7, 11) is 0. The van der Waals surface area contributed by atoms with Crippen molar-refractivity contribution in [2.24, 2.45) is 5.10 Å². The van der Waals surface area contributed by atoms with Crippen molar-refractivity contribution in [1.29, 1.82) is 0 Å². The molecule has 0 atom stereocenters. The van der Waals surface area contributed by atoms with Crippen LogP contribution in [0.3, 0.4) is 0 Å². The third kappa shape index (κ3) is 4.08. The zero-order valence-electron chi connectivity index (χ0n) is 15.8. The molecule has 0 unspecified atom stereocenters. The molecule has 144 valence electrons. The van der Waals surface area contributed by atoms with Crippen LogP contribution in [-0.2, 0) is 0 Å². The summed E-state index contributed by atoms with van der Waals surface area (Å²) in [6, 6.07) is 13.8. The number of nitrogens with zero attached hydrogens (tertiary/aromatic N) is 3. The Morgan fingerprint density at radius 1 is 1.14 bits per heavy atom. The maximum atomic E-state index is 13.3. The van der Waals surface area contributed by atoms with Crippen molar-refractivity contribution in [3.63, 3.8) is 0 Å². The van der Waals surface area contributed by atoms with Crippen molar-refractivity contribution in [3.05, 3.63) is 68.7 Å². The minimum atomic E-state index is -0.108. The molecular formula is C22H22BrN3OS. The average molecular weight is 456 g/mol. The molecule has 6 heteroatoms. The van der Waals surface area contributed by atoms with Crippen LogP contribution < -0.4 is 5.56 Å². The van der Waals surface area contributed by atoms with Crippen LogP contribution in [0.4, 0.5) is 0 Å². The number of hydrogen-bond acceptors (Lipinski definition) is 4. The predicted octanol–water partition coefficient (Wildman–Crippen LogP) is 5.81. The van der Waals surface area contributed by atoms with Gasteiger partial charge in [0, 0.05) is 15.3 Å². The third-order valence-corrected chi connectivity index (χ3v) is 6.48. The Morgan fingerprint density at radius 3 is 2.61 bits per heavy atom. The Labute approximate surface area is 177 Å². The molecule has 28 heavy (non-hydrogen) atoms. The Morgan fingerprint density at radius 2 is 1.89 bits per heavy atom. The Balaban J connectivity index is 1.82. The standard InChI is InChI=1S/C22H22BrN3OS/c1-28-18-10-7-15(8-11-18)14-24-26-21(16-5-3-2-4-6-16)25-20-12-9-17(23)13-19(20)22(26)27/h7-14,16H,2-6H2,1H3. The van der Waals surface area contributed by atoms with E-state index in [1.54, 1.807) is 18.0 Å². The number of aromatic nitrogens is 2. The number of hydrogen-bond donors (Lipinski definition) is 0. The fourth-order valence-electron chi connectivity index (χ4n) is 3.72. The molecule has 1 aliphatic carbocycles. The smallest absolute Gasteiger partial charge is 0.267 e. The molecule has 1 fully saturated rings. The molecule has 2 aromatic carbocycles. The van der Waals surface area contributed by atoms with E-state index in [0.29, 0.717) is 5.39 Å². The minimum Gasteiger partial charge on any atom is -0.267 e. The van der Waals surface area contributed by atoms with E-state index in [-0.39, 0.29) is 11.5 Å². The summed E-state index contributed by atoms with van der Waals surface area (Å²) in [5, 5.41) is 5.17. The van der Waals surface area contributed by atoms with Crippen LogP contribution in [0.1, 0.15) is 49.4 Å². The van der Waals surface area contributed by atoms with Crippen molar-refractivity contribution in [2.75, 3.05) is 6.26 Å². The van der Waals surface area contributed by atoms with E-state index in [1.165, 1.54) is 28.8 Å². The van der Waals surface area contributed by atoms with Crippen LogP contribution in [0.2, 0.25) is 0 Å². The summed E-state index contributed by atoms with van der Waals surface area (Å²) >= 11 is 5.16. The first-order valence-corrected chi connectivity index (χ1v) is 11.6. The Hall–Kier alpha value is -1.92. The van der Waals surface area contributed by atoms with Gasteiger partial charge in [0.15, 0.2) is 0 Å². The first-order valence-electron chi connectivity index (χ1n) is 9.56. The number of fused-ring (bicyclic) bond motifs is 1. The average Bonchev–Trinajstić information content (AvgIpc) is 2.74. The van der Waals surface area contributed by atoms with Gasteiger partial charge in [-0.25, -0.2) is 4.98 Å². The van der Waals surface area contributed by atoms with Gasteiger partial charge in [-0.05, 0) is 55.0 Å². The van der Waals surface area contributed by atoms with Gasteiger partial charge in [0.2, 0.25) is 0 Å². The number of thioether (sulfide) groups is 1. The van der Waals surface area contributed by atoms with Crippen LogP contribution >= 0.6 is 27.7 Å². The molecule has 1 aromatic heterocycles. The molecule has 0 saturated heterocycles. The van der Waals surface area contributed by atoms with Crippen molar-refractivity contribution in [1.82, 2.24) is 9.66 Å². The Kier molecular flexibility index (Phi) is 5.97. The maximum Gasteiger partial charge on any atom is 0.282 e. The largest absolute Gasteiger partial charge is 0.282 e. The van der Waals surface area contributed by atoms with Crippen LogP contribution in [-0.4, -0.2) is 22.1 Å². The van der Waals surface area contributed by atoms with E-state index in [4.69, 9.17) is 4.98 Å². The monoisotopic (exact) mass is 455 g/mol. The molecule has 0 radical (unpaired) electrons. The second kappa shape index (κ2) is 8.62. The first-order chi connectivity index (χ1) is 13.7. The highest BCUT2D eigenvalue weighted by atomic mass is 79.9. The molecule has 1 heterocycles. The summed E-state index contributed by atoms with van der Waals surface area (Å²) in [5.74, 6) is 1.07. The quantitative estimate of drug-likeness (QED) is 0.368. The van der Waals surface area contributed by atoms with Gasteiger partial charge in [-0.1, -0.05) is 47.3 Å². The van der Waals surface area contributed by atoms with E-state index < -0.39 is 0 Å². The van der Waals surface area contributed by atoms with Gasteiger partial charge >= 0.3 is 0 Å². The molecule has 4 rings (SSSR count). The van der Waals surface area contributed by atoms with Crippen molar-refractivity contribution in [2.45, 2.75) is 42.9 Å². The number of halogens is 1. The summed E-state index contributed by atoms with van der Waals surface area (Å²) in [6.45, 7) is 0. The molecule has 1 aliphatic rings.